The van der Waals surface area contributed by atoms with E-state index in [1.54, 1.807) is 14.2 Å². The standard InChI is InChI=1S/C6H13O2.BrH.Mg/c1-4-5-6(7-2)8-3;;/h6H,1,4-5H2,2-3H3;1H;/q-1;;+2/p-1. The van der Waals surface area contributed by atoms with Crippen LogP contribution in [0.3, 0.4) is 0 Å². The van der Waals surface area contributed by atoms with Crippen LogP contribution in [-0.2, 0) is 9.47 Å². The van der Waals surface area contributed by atoms with Crippen molar-refractivity contribution in [1.82, 2.24) is 0 Å². The molecule has 0 radical (unpaired) electrons. The Morgan fingerprint density at radius 1 is 1.30 bits per heavy atom. The van der Waals surface area contributed by atoms with Gasteiger partial charge in [-0.2, -0.15) is 6.42 Å². The molecule has 0 aliphatic rings. The monoisotopic (exact) mass is 220 g/mol. The third kappa shape index (κ3) is 9.17. The van der Waals surface area contributed by atoms with Gasteiger partial charge in [0.15, 0.2) is 6.29 Å². The van der Waals surface area contributed by atoms with E-state index in [2.05, 4.69) is 6.92 Å². The summed E-state index contributed by atoms with van der Waals surface area (Å²) in [7, 11) is 3.26. The van der Waals surface area contributed by atoms with Gasteiger partial charge in [-0.1, -0.05) is 0 Å². The second kappa shape index (κ2) is 12.8. The van der Waals surface area contributed by atoms with Gasteiger partial charge in [-0.05, 0) is 6.42 Å². The molecule has 0 aromatic rings. The molecule has 0 fully saturated rings. The Hall–Kier alpha value is 1.17. The Labute approximate surface area is 89.6 Å². The maximum atomic E-state index is 4.88. The maximum Gasteiger partial charge on any atom is 2.00 e. The normalized spacial score (nSPS) is 8.40. The Morgan fingerprint density at radius 2 is 1.70 bits per heavy atom. The van der Waals surface area contributed by atoms with Crippen LogP contribution in [0.1, 0.15) is 12.8 Å². The van der Waals surface area contributed by atoms with E-state index in [-0.39, 0.29) is 46.3 Å². The van der Waals surface area contributed by atoms with E-state index in [0.29, 0.717) is 0 Å². The van der Waals surface area contributed by atoms with Crippen molar-refractivity contribution in [1.29, 1.82) is 0 Å². The molecule has 4 heteroatoms. The van der Waals surface area contributed by atoms with Gasteiger partial charge >= 0.3 is 23.1 Å². The molecular weight excluding hydrogens is 208 g/mol. The summed E-state index contributed by atoms with van der Waals surface area (Å²) >= 11 is 0. The molecule has 0 atom stereocenters. The molecule has 0 saturated carbocycles. The van der Waals surface area contributed by atoms with E-state index < -0.39 is 0 Å². The van der Waals surface area contributed by atoms with Crippen molar-refractivity contribution in [2.75, 3.05) is 14.2 Å². The zero-order valence-corrected chi connectivity index (χ0v) is 9.60. The quantitative estimate of drug-likeness (QED) is 0.306. The van der Waals surface area contributed by atoms with Gasteiger partial charge in [0.25, 0.3) is 0 Å². The van der Waals surface area contributed by atoms with Crippen molar-refractivity contribution in [2.24, 2.45) is 0 Å². The molecule has 0 aromatic carbocycles. The zero-order valence-electron chi connectivity index (χ0n) is 6.60. The predicted molar refractivity (Wildman–Crippen MR) is 38.2 cm³/mol. The number of ether oxygens (including phenoxy) is 2. The minimum atomic E-state index is -0.0625. The Balaban J connectivity index is -0.000000245. The fourth-order valence-electron chi connectivity index (χ4n) is 0.499. The van der Waals surface area contributed by atoms with Gasteiger partial charge in [-0.15, -0.1) is 0 Å². The van der Waals surface area contributed by atoms with Crippen LogP contribution in [0.4, 0.5) is 0 Å². The van der Waals surface area contributed by atoms with Crippen molar-refractivity contribution in [3.63, 3.8) is 0 Å². The second-order valence-corrected chi connectivity index (χ2v) is 1.54. The molecule has 2 nitrogen and oxygen atoms in total. The maximum absolute atomic E-state index is 4.88. The fourth-order valence-corrected chi connectivity index (χ4v) is 0.499. The van der Waals surface area contributed by atoms with Crippen LogP contribution >= 0.6 is 0 Å². The first-order valence-electron chi connectivity index (χ1n) is 2.70. The summed E-state index contributed by atoms with van der Waals surface area (Å²) < 4.78 is 9.76. The van der Waals surface area contributed by atoms with Crippen LogP contribution in [0.15, 0.2) is 0 Å². The third-order valence-electron chi connectivity index (χ3n) is 0.966. The molecule has 0 aliphatic carbocycles. The molecule has 0 aromatic heterocycles. The van der Waals surface area contributed by atoms with E-state index in [1.807, 2.05) is 0 Å². The van der Waals surface area contributed by atoms with Crippen molar-refractivity contribution in [2.45, 2.75) is 19.1 Å². The number of hydrogen-bond acceptors (Lipinski definition) is 2. The van der Waals surface area contributed by atoms with Crippen LogP contribution in [0.25, 0.3) is 0 Å². The molecule has 0 unspecified atom stereocenters. The molecule has 0 heterocycles. The van der Waals surface area contributed by atoms with Crippen LogP contribution in [0.5, 0.6) is 0 Å². The molecule has 0 N–H and O–H groups in total. The predicted octanol–water partition coefficient (Wildman–Crippen LogP) is -2.16. The van der Waals surface area contributed by atoms with Crippen LogP contribution < -0.4 is 17.0 Å². The largest absolute Gasteiger partial charge is 2.00 e. The molecule has 0 bridgehead atoms. The summed E-state index contributed by atoms with van der Waals surface area (Å²) in [5.41, 5.74) is 0. The summed E-state index contributed by atoms with van der Waals surface area (Å²) in [5.74, 6) is 0. The Kier molecular flexibility index (Phi) is 22.2. The molecule has 0 spiro atoms. The average molecular weight is 221 g/mol. The molecule has 58 valence electrons. The molecular formula is C6H13BrMgO2. The second-order valence-electron chi connectivity index (χ2n) is 1.54. The fraction of sp³-hybridized carbons (Fsp3) is 0.833. The minimum absolute atomic E-state index is 0. The van der Waals surface area contributed by atoms with Gasteiger partial charge in [0, 0.05) is 14.2 Å². The summed E-state index contributed by atoms with van der Waals surface area (Å²) in [4.78, 5) is 0. The average Bonchev–Trinajstić information content (AvgIpc) is 1.83. The van der Waals surface area contributed by atoms with Gasteiger partial charge in [-0.25, -0.2) is 0 Å². The summed E-state index contributed by atoms with van der Waals surface area (Å²) in [6.45, 7) is 3.66. The first-order chi connectivity index (χ1) is 3.85. The number of rotatable bonds is 4. The van der Waals surface area contributed by atoms with Gasteiger partial charge in [0.05, 0.1) is 0 Å². The summed E-state index contributed by atoms with van der Waals surface area (Å²) in [6, 6.07) is 0. The third-order valence-corrected chi connectivity index (χ3v) is 0.966. The molecule has 0 aliphatic heterocycles. The van der Waals surface area contributed by atoms with Gasteiger partial charge in [0.1, 0.15) is 0 Å². The van der Waals surface area contributed by atoms with Crippen molar-refractivity contribution < 1.29 is 26.5 Å². The van der Waals surface area contributed by atoms with E-state index >= 15 is 0 Å². The van der Waals surface area contributed by atoms with E-state index in [1.165, 1.54) is 0 Å². The first-order valence-corrected chi connectivity index (χ1v) is 2.70. The smallest absolute Gasteiger partial charge is 1.00 e. The Bertz CT molecular complexity index is 51.0. The summed E-state index contributed by atoms with van der Waals surface area (Å²) in [6.07, 6.45) is 1.66. The van der Waals surface area contributed by atoms with E-state index in [9.17, 15) is 0 Å². The zero-order chi connectivity index (χ0) is 6.41. The topological polar surface area (TPSA) is 18.5 Å². The minimum Gasteiger partial charge on any atom is -1.00 e. The summed E-state index contributed by atoms with van der Waals surface area (Å²) in [5, 5.41) is 0. The van der Waals surface area contributed by atoms with Crippen LogP contribution in [0, 0.1) is 6.92 Å². The van der Waals surface area contributed by atoms with Crippen LogP contribution in [-0.4, -0.2) is 43.6 Å². The Morgan fingerprint density at radius 3 is 1.80 bits per heavy atom. The van der Waals surface area contributed by atoms with Gasteiger partial charge in [-0.3, -0.25) is 0 Å². The van der Waals surface area contributed by atoms with Crippen molar-refractivity contribution >= 4 is 23.1 Å². The number of hydrogen-bond donors (Lipinski definition) is 0. The van der Waals surface area contributed by atoms with E-state index in [0.717, 1.165) is 12.8 Å². The van der Waals surface area contributed by atoms with Gasteiger partial charge < -0.3 is 33.4 Å². The molecule has 10 heavy (non-hydrogen) atoms. The first kappa shape index (κ1) is 17.3. The van der Waals surface area contributed by atoms with E-state index in [4.69, 9.17) is 9.47 Å². The van der Waals surface area contributed by atoms with Crippen molar-refractivity contribution in [3.05, 3.63) is 6.92 Å². The molecule has 0 rings (SSSR count). The SMILES string of the molecule is [Br-].[CH2-]CCC(OC)OC.[Mg+2]. The molecule has 0 saturated heterocycles. The number of halogens is 1. The van der Waals surface area contributed by atoms with Crippen molar-refractivity contribution in [3.8, 4) is 0 Å². The van der Waals surface area contributed by atoms with Gasteiger partial charge in [0.2, 0.25) is 0 Å². The number of methoxy groups -OCH3 is 2. The molecule has 0 amide bonds. The van der Waals surface area contributed by atoms with Crippen LogP contribution in [0.2, 0.25) is 0 Å².